The van der Waals surface area contributed by atoms with E-state index in [1.165, 1.54) is 0 Å². The quantitative estimate of drug-likeness (QED) is 0.679. The van der Waals surface area contributed by atoms with Crippen molar-refractivity contribution >= 4 is 23.1 Å². The topological polar surface area (TPSA) is 72.5 Å². The van der Waals surface area contributed by atoms with Crippen LogP contribution in [0.4, 0.5) is 17.2 Å². The number of anilines is 3. The van der Waals surface area contributed by atoms with Crippen LogP contribution in [0.3, 0.4) is 0 Å². The van der Waals surface area contributed by atoms with E-state index in [-0.39, 0.29) is 5.91 Å². The molecular weight excluding hydrogens is 342 g/mol. The lowest BCUT2D eigenvalue weighted by Gasteiger charge is -2.12. The number of aryl methyl sites for hydroxylation is 1. The number of nitrogens with zero attached hydrogens (tertiary/aromatic N) is 1. The van der Waals surface area contributed by atoms with Crippen molar-refractivity contribution < 1.29 is 14.3 Å². The van der Waals surface area contributed by atoms with Crippen molar-refractivity contribution in [3.05, 3.63) is 71.9 Å². The summed E-state index contributed by atoms with van der Waals surface area (Å²) in [5.41, 5.74) is 3.00. The van der Waals surface area contributed by atoms with Gasteiger partial charge in [-0.1, -0.05) is 6.07 Å². The average molecular weight is 363 g/mol. The summed E-state index contributed by atoms with van der Waals surface area (Å²) in [5.74, 6) is 1.72. The molecule has 0 aliphatic carbocycles. The minimum Gasteiger partial charge on any atom is -0.497 e. The molecule has 1 aromatic heterocycles. The molecule has 0 bridgehead atoms. The van der Waals surface area contributed by atoms with Gasteiger partial charge in [0, 0.05) is 17.4 Å². The van der Waals surface area contributed by atoms with Crippen molar-refractivity contribution in [2.75, 3.05) is 24.9 Å². The Morgan fingerprint density at radius 3 is 2.44 bits per heavy atom. The maximum absolute atomic E-state index is 12.6. The Hall–Kier alpha value is -3.54. The van der Waals surface area contributed by atoms with Crippen molar-refractivity contribution in [3.8, 4) is 11.5 Å². The van der Waals surface area contributed by atoms with Gasteiger partial charge in [-0.2, -0.15) is 0 Å². The fourth-order valence-corrected chi connectivity index (χ4v) is 2.58. The molecule has 6 nitrogen and oxygen atoms in total. The van der Waals surface area contributed by atoms with Gasteiger partial charge in [-0.25, -0.2) is 4.98 Å². The van der Waals surface area contributed by atoms with Crippen molar-refractivity contribution in [1.29, 1.82) is 0 Å². The number of hydrogen-bond donors (Lipinski definition) is 2. The Bertz CT molecular complexity index is 940. The highest BCUT2D eigenvalue weighted by Gasteiger charge is 2.11. The van der Waals surface area contributed by atoms with Crippen molar-refractivity contribution in [1.82, 2.24) is 4.98 Å². The van der Waals surface area contributed by atoms with E-state index in [4.69, 9.17) is 9.47 Å². The summed E-state index contributed by atoms with van der Waals surface area (Å²) in [7, 11) is 3.19. The van der Waals surface area contributed by atoms with E-state index in [0.29, 0.717) is 22.8 Å². The SMILES string of the molecule is COc1ccc(Nc2cc(C(=O)Nc3cc(C)ccc3OC)ccn2)cc1. The Morgan fingerprint density at radius 1 is 0.963 bits per heavy atom. The van der Waals surface area contributed by atoms with Gasteiger partial charge < -0.3 is 20.1 Å². The van der Waals surface area contributed by atoms with E-state index < -0.39 is 0 Å². The maximum Gasteiger partial charge on any atom is 0.255 e. The largest absolute Gasteiger partial charge is 0.497 e. The summed E-state index contributed by atoms with van der Waals surface area (Å²) in [6, 6.07) is 16.4. The van der Waals surface area contributed by atoms with Gasteiger partial charge in [0.1, 0.15) is 17.3 Å². The average Bonchev–Trinajstić information content (AvgIpc) is 2.69. The van der Waals surface area contributed by atoms with Crippen LogP contribution in [0, 0.1) is 6.92 Å². The molecule has 0 fully saturated rings. The molecule has 1 amide bonds. The molecule has 138 valence electrons. The second-order valence-electron chi connectivity index (χ2n) is 5.94. The fourth-order valence-electron chi connectivity index (χ4n) is 2.58. The Labute approximate surface area is 158 Å². The standard InChI is InChI=1S/C21H21N3O3/c1-14-4-9-19(27-3)18(12-14)24-21(25)15-10-11-22-20(13-15)23-16-5-7-17(26-2)8-6-16/h4-13H,1-3H3,(H,22,23)(H,24,25). The first kappa shape index (κ1) is 18.3. The van der Waals surface area contributed by atoms with Crippen LogP contribution in [0.2, 0.25) is 0 Å². The van der Waals surface area contributed by atoms with Crippen molar-refractivity contribution in [3.63, 3.8) is 0 Å². The molecule has 1 heterocycles. The number of carbonyl (C=O) groups is 1. The van der Waals surface area contributed by atoms with Crippen LogP contribution in [-0.2, 0) is 0 Å². The first-order chi connectivity index (χ1) is 13.1. The highest BCUT2D eigenvalue weighted by atomic mass is 16.5. The van der Waals surface area contributed by atoms with Gasteiger partial charge in [0.25, 0.3) is 5.91 Å². The number of pyridine rings is 1. The Kier molecular flexibility index (Phi) is 5.56. The summed E-state index contributed by atoms with van der Waals surface area (Å²) in [5, 5.41) is 6.06. The lowest BCUT2D eigenvalue weighted by atomic mass is 10.2. The second-order valence-corrected chi connectivity index (χ2v) is 5.94. The van der Waals surface area contributed by atoms with Crippen LogP contribution in [0.5, 0.6) is 11.5 Å². The fraction of sp³-hybridized carbons (Fsp3) is 0.143. The van der Waals surface area contributed by atoms with Gasteiger partial charge in [0.2, 0.25) is 0 Å². The van der Waals surface area contributed by atoms with Gasteiger partial charge in [-0.15, -0.1) is 0 Å². The van der Waals surface area contributed by atoms with Crippen LogP contribution in [0.1, 0.15) is 15.9 Å². The number of nitrogens with one attached hydrogen (secondary N) is 2. The number of benzene rings is 2. The Balaban J connectivity index is 1.76. The zero-order chi connectivity index (χ0) is 19.2. The van der Waals surface area contributed by atoms with Crippen LogP contribution in [0.15, 0.2) is 60.8 Å². The highest BCUT2D eigenvalue weighted by molar-refractivity contribution is 6.05. The van der Waals surface area contributed by atoms with E-state index in [1.807, 2.05) is 49.4 Å². The van der Waals surface area contributed by atoms with Crippen LogP contribution < -0.4 is 20.1 Å². The molecule has 0 aliphatic heterocycles. The van der Waals surface area contributed by atoms with Gasteiger partial charge in [-0.3, -0.25) is 4.79 Å². The molecule has 27 heavy (non-hydrogen) atoms. The summed E-state index contributed by atoms with van der Waals surface area (Å²) in [4.78, 5) is 16.9. The number of hydrogen-bond acceptors (Lipinski definition) is 5. The molecule has 0 atom stereocenters. The number of rotatable bonds is 6. The predicted molar refractivity (Wildman–Crippen MR) is 106 cm³/mol. The van der Waals surface area contributed by atoms with E-state index in [9.17, 15) is 4.79 Å². The molecular formula is C21H21N3O3. The van der Waals surface area contributed by atoms with E-state index in [1.54, 1.807) is 32.5 Å². The number of carbonyl (C=O) groups excluding carboxylic acids is 1. The zero-order valence-corrected chi connectivity index (χ0v) is 15.4. The van der Waals surface area contributed by atoms with Crippen molar-refractivity contribution in [2.24, 2.45) is 0 Å². The summed E-state index contributed by atoms with van der Waals surface area (Å²) >= 11 is 0. The monoisotopic (exact) mass is 363 g/mol. The maximum atomic E-state index is 12.6. The molecule has 0 radical (unpaired) electrons. The highest BCUT2D eigenvalue weighted by Crippen LogP contribution is 2.26. The van der Waals surface area contributed by atoms with Gasteiger partial charge in [0.15, 0.2) is 0 Å². The molecule has 0 saturated heterocycles. The molecule has 3 aromatic rings. The van der Waals surface area contributed by atoms with Gasteiger partial charge >= 0.3 is 0 Å². The van der Waals surface area contributed by atoms with Gasteiger partial charge in [-0.05, 0) is 61.0 Å². The normalized spacial score (nSPS) is 10.2. The summed E-state index contributed by atoms with van der Waals surface area (Å²) in [6.07, 6.45) is 1.59. The third-order valence-electron chi connectivity index (χ3n) is 3.99. The Morgan fingerprint density at radius 2 is 1.74 bits per heavy atom. The molecule has 0 aliphatic rings. The first-order valence-corrected chi connectivity index (χ1v) is 8.42. The number of amides is 1. The van der Waals surface area contributed by atoms with Gasteiger partial charge in [0.05, 0.1) is 19.9 Å². The third-order valence-corrected chi connectivity index (χ3v) is 3.99. The zero-order valence-electron chi connectivity index (χ0n) is 15.4. The lowest BCUT2D eigenvalue weighted by Crippen LogP contribution is -2.13. The minimum atomic E-state index is -0.237. The number of aromatic nitrogens is 1. The number of methoxy groups -OCH3 is 2. The summed E-state index contributed by atoms with van der Waals surface area (Å²) < 4.78 is 10.5. The van der Waals surface area contributed by atoms with E-state index >= 15 is 0 Å². The first-order valence-electron chi connectivity index (χ1n) is 8.42. The lowest BCUT2D eigenvalue weighted by molar-refractivity contribution is 0.102. The summed E-state index contributed by atoms with van der Waals surface area (Å²) in [6.45, 7) is 1.96. The van der Waals surface area contributed by atoms with Crippen molar-refractivity contribution in [2.45, 2.75) is 6.92 Å². The second kappa shape index (κ2) is 8.23. The van der Waals surface area contributed by atoms with E-state index in [0.717, 1.165) is 17.0 Å². The van der Waals surface area contributed by atoms with Crippen LogP contribution in [0.25, 0.3) is 0 Å². The molecule has 0 unspecified atom stereocenters. The molecule has 2 aromatic carbocycles. The molecule has 6 heteroatoms. The van der Waals surface area contributed by atoms with Crippen LogP contribution >= 0.6 is 0 Å². The predicted octanol–water partition coefficient (Wildman–Crippen LogP) is 4.40. The van der Waals surface area contributed by atoms with E-state index in [2.05, 4.69) is 15.6 Å². The number of ether oxygens (including phenoxy) is 2. The third kappa shape index (κ3) is 4.55. The van der Waals surface area contributed by atoms with Crippen LogP contribution in [-0.4, -0.2) is 25.1 Å². The molecule has 0 saturated carbocycles. The minimum absolute atomic E-state index is 0.237. The molecule has 3 rings (SSSR count). The molecule has 2 N–H and O–H groups in total. The molecule has 0 spiro atoms. The smallest absolute Gasteiger partial charge is 0.255 e.